The Morgan fingerprint density at radius 3 is 2.60 bits per heavy atom. The van der Waals surface area contributed by atoms with Crippen molar-refractivity contribution in [1.82, 2.24) is 0 Å². The fraction of sp³-hybridized carbons (Fsp3) is 0.562. The van der Waals surface area contributed by atoms with Gasteiger partial charge in [-0.2, -0.15) is 0 Å². The number of benzene rings is 1. The summed E-state index contributed by atoms with van der Waals surface area (Å²) < 4.78 is 6.73. The second-order valence-electron chi connectivity index (χ2n) is 6.10. The molecule has 1 aromatic carbocycles. The molecule has 1 fully saturated rings. The Morgan fingerprint density at radius 2 is 2.00 bits per heavy atom. The molecule has 0 atom stereocenters. The van der Waals surface area contributed by atoms with E-state index < -0.39 is 5.60 Å². The van der Waals surface area contributed by atoms with E-state index in [4.69, 9.17) is 4.74 Å². The summed E-state index contributed by atoms with van der Waals surface area (Å²) in [6.07, 6.45) is 2.22. The SMILES string of the molecule is Cc1ccc(C(=O)OC(C)(C)C2CC[NH2+]CC2)cc1Br. The Bertz CT molecular complexity index is 493. The summed E-state index contributed by atoms with van der Waals surface area (Å²) in [5.74, 6) is 0.218. The van der Waals surface area contributed by atoms with Crippen molar-refractivity contribution in [1.29, 1.82) is 0 Å². The molecule has 2 rings (SSSR count). The topological polar surface area (TPSA) is 42.9 Å². The van der Waals surface area contributed by atoms with Gasteiger partial charge in [-0.25, -0.2) is 4.79 Å². The summed E-state index contributed by atoms with van der Waals surface area (Å²) in [6, 6.07) is 5.60. The highest BCUT2D eigenvalue weighted by molar-refractivity contribution is 9.10. The predicted octanol–water partition coefficient (Wildman–Crippen LogP) is 2.67. The lowest BCUT2D eigenvalue weighted by Crippen LogP contribution is -2.86. The molecule has 0 spiro atoms. The minimum atomic E-state index is -0.400. The zero-order chi connectivity index (χ0) is 14.8. The number of carbonyl (C=O) groups is 1. The van der Waals surface area contributed by atoms with Gasteiger partial charge in [-0.1, -0.05) is 22.0 Å². The maximum Gasteiger partial charge on any atom is 0.338 e. The van der Waals surface area contributed by atoms with Gasteiger partial charge >= 0.3 is 5.97 Å². The van der Waals surface area contributed by atoms with Crippen LogP contribution in [0.3, 0.4) is 0 Å². The number of hydrogen-bond acceptors (Lipinski definition) is 2. The zero-order valence-electron chi connectivity index (χ0n) is 12.4. The molecule has 1 aliphatic rings. The third-order valence-corrected chi connectivity index (χ3v) is 5.04. The monoisotopic (exact) mass is 340 g/mol. The van der Waals surface area contributed by atoms with E-state index in [1.807, 2.05) is 39.0 Å². The quantitative estimate of drug-likeness (QED) is 0.859. The molecule has 0 unspecified atom stereocenters. The number of nitrogens with two attached hydrogens (primary N) is 1. The van der Waals surface area contributed by atoms with Gasteiger partial charge in [0.15, 0.2) is 0 Å². The summed E-state index contributed by atoms with van der Waals surface area (Å²) in [5.41, 5.74) is 1.32. The molecule has 2 N–H and O–H groups in total. The molecule has 0 bridgehead atoms. The van der Waals surface area contributed by atoms with Crippen molar-refractivity contribution in [2.24, 2.45) is 5.92 Å². The summed E-state index contributed by atoms with van der Waals surface area (Å²) in [6.45, 7) is 8.32. The first-order valence-corrected chi connectivity index (χ1v) is 8.00. The number of carbonyl (C=O) groups excluding carboxylic acids is 1. The molecule has 1 heterocycles. The first-order chi connectivity index (χ1) is 9.40. The van der Waals surface area contributed by atoms with Crippen LogP contribution in [0.15, 0.2) is 22.7 Å². The molecular formula is C16H23BrNO2+. The molecule has 1 aliphatic heterocycles. The van der Waals surface area contributed by atoms with Gasteiger partial charge in [0.1, 0.15) is 5.60 Å². The van der Waals surface area contributed by atoms with Crippen LogP contribution in [0.1, 0.15) is 42.6 Å². The molecule has 3 nitrogen and oxygen atoms in total. The van der Waals surface area contributed by atoms with Gasteiger partial charge in [0, 0.05) is 23.2 Å². The predicted molar refractivity (Wildman–Crippen MR) is 82.8 cm³/mol. The van der Waals surface area contributed by atoms with Crippen LogP contribution >= 0.6 is 15.9 Å². The second kappa shape index (κ2) is 6.27. The summed E-state index contributed by atoms with van der Waals surface area (Å²) in [7, 11) is 0. The van der Waals surface area contributed by atoms with Crippen LogP contribution in [0.2, 0.25) is 0 Å². The van der Waals surface area contributed by atoms with E-state index in [9.17, 15) is 4.79 Å². The standard InChI is InChI=1S/C16H22BrNO2/c1-11-4-5-12(10-14(11)17)15(19)20-16(2,3)13-6-8-18-9-7-13/h4-5,10,13,18H,6-9H2,1-3H3/p+1. The molecule has 0 amide bonds. The van der Waals surface area contributed by atoms with Gasteiger partial charge < -0.3 is 10.1 Å². The average Bonchev–Trinajstić information content (AvgIpc) is 2.42. The first-order valence-electron chi connectivity index (χ1n) is 7.21. The number of halogens is 1. The summed E-state index contributed by atoms with van der Waals surface area (Å²) in [5, 5.41) is 2.32. The molecule has 1 aromatic rings. The molecule has 0 saturated carbocycles. The lowest BCUT2D eigenvalue weighted by atomic mass is 9.83. The van der Waals surface area contributed by atoms with Crippen LogP contribution in [-0.2, 0) is 4.74 Å². The molecule has 0 radical (unpaired) electrons. The number of esters is 1. The van der Waals surface area contributed by atoms with Crippen molar-refractivity contribution >= 4 is 21.9 Å². The fourth-order valence-corrected chi connectivity index (χ4v) is 3.10. The number of ether oxygens (including phenoxy) is 1. The Morgan fingerprint density at radius 1 is 1.35 bits per heavy atom. The van der Waals surface area contributed by atoms with E-state index in [1.54, 1.807) is 0 Å². The molecular weight excluding hydrogens is 318 g/mol. The molecule has 20 heavy (non-hydrogen) atoms. The van der Waals surface area contributed by atoms with Crippen molar-refractivity contribution in [2.45, 2.75) is 39.2 Å². The normalized spacial score (nSPS) is 17.0. The Kier molecular flexibility index (Phi) is 4.86. The van der Waals surface area contributed by atoms with E-state index in [2.05, 4.69) is 21.2 Å². The fourth-order valence-electron chi connectivity index (χ4n) is 2.72. The lowest BCUT2D eigenvalue weighted by Gasteiger charge is -2.35. The van der Waals surface area contributed by atoms with Crippen molar-refractivity contribution in [3.8, 4) is 0 Å². The van der Waals surface area contributed by atoms with E-state index >= 15 is 0 Å². The van der Waals surface area contributed by atoms with E-state index in [0.717, 1.165) is 36.0 Å². The van der Waals surface area contributed by atoms with Gasteiger partial charge in [0.2, 0.25) is 0 Å². The van der Waals surface area contributed by atoms with Crippen molar-refractivity contribution < 1.29 is 14.8 Å². The Balaban J connectivity index is 2.07. The van der Waals surface area contributed by atoms with Gasteiger partial charge in [-0.15, -0.1) is 0 Å². The first kappa shape index (κ1) is 15.5. The third-order valence-electron chi connectivity index (χ3n) is 4.18. The maximum atomic E-state index is 12.3. The van der Waals surface area contributed by atoms with Gasteiger partial charge in [0.25, 0.3) is 0 Å². The Labute approximate surface area is 129 Å². The van der Waals surface area contributed by atoms with Gasteiger partial charge in [0.05, 0.1) is 18.7 Å². The maximum absolute atomic E-state index is 12.3. The third kappa shape index (κ3) is 3.61. The minimum Gasteiger partial charge on any atom is -0.456 e. The molecule has 0 aromatic heterocycles. The number of quaternary nitrogens is 1. The van der Waals surface area contributed by atoms with Crippen LogP contribution in [0.5, 0.6) is 0 Å². The van der Waals surface area contributed by atoms with E-state index in [-0.39, 0.29) is 5.97 Å². The smallest absolute Gasteiger partial charge is 0.338 e. The van der Waals surface area contributed by atoms with Crippen molar-refractivity contribution in [3.05, 3.63) is 33.8 Å². The molecule has 110 valence electrons. The number of aryl methyl sites for hydroxylation is 1. The molecule has 1 saturated heterocycles. The average molecular weight is 341 g/mol. The largest absolute Gasteiger partial charge is 0.456 e. The zero-order valence-corrected chi connectivity index (χ0v) is 14.0. The van der Waals surface area contributed by atoms with Crippen LogP contribution in [-0.4, -0.2) is 24.7 Å². The van der Waals surface area contributed by atoms with E-state index in [1.165, 1.54) is 0 Å². The Hall–Kier alpha value is -0.870. The summed E-state index contributed by atoms with van der Waals surface area (Å²) in [4.78, 5) is 12.3. The molecule has 4 heteroatoms. The lowest BCUT2D eigenvalue weighted by molar-refractivity contribution is -0.665. The summed E-state index contributed by atoms with van der Waals surface area (Å²) >= 11 is 3.46. The van der Waals surface area contributed by atoms with Gasteiger partial charge in [-0.05, 0) is 38.5 Å². The van der Waals surface area contributed by atoms with Crippen LogP contribution in [0.4, 0.5) is 0 Å². The van der Waals surface area contributed by atoms with Crippen LogP contribution in [0.25, 0.3) is 0 Å². The van der Waals surface area contributed by atoms with Crippen LogP contribution < -0.4 is 5.32 Å². The van der Waals surface area contributed by atoms with Gasteiger partial charge in [-0.3, -0.25) is 0 Å². The second-order valence-corrected chi connectivity index (χ2v) is 6.95. The van der Waals surface area contributed by atoms with Crippen molar-refractivity contribution in [2.75, 3.05) is 13.1 Å². The number of rotatable bonds is 3. The van der Waals surface area contributed by atoms with E-state index in [0.29, 0.717) is 11.5 Å². The minimum absolute atomic E-state index is 0.231. The van der Waals surface area contributed by atoms with Crippen molar-refractivity contribution in [3.63, 3.8) is 0 Å². The molecule has 0 aliphatic carbocycles. The number of hydrogen-bond donors (Lipinski definition) is 1. The number of piperidine rings is 1. The van der Waals surface area contributed by atoms with Crippen LogP contribution in [0, 0.1) is 12.8 Å². The highest BCUT2D eigenvalue weighted by Crippen LogP contribution is 2.29. The highest BCUT2D eigenvalue weighted by atomic mass is 79.9. The highest BCUT2D eigenvalue weighted by Gasteiger charge is 2.35.